The molecule has 0 fully saturated rings. The van der Waals surface area contributed by atoms with Crippen molar-refractivity contribution in [2.24, 2.45) is 0 Å². The zero-order chi connectivity index (χ0) is 13.9. The molecule has 0 aliphatic heterocycles. The Bertz CT molecular complexity index is 554. The lowest BCUT2D eigenvalue weighted by atomic mass is 10.0. The van der Waals surface area contributed by atoms with Crippen molar-refractivity contribution in [1.82, 2.24) is 5.48 Å². The van der Waals surface area contributed by atoms with Gasteiger partial charge in [0.1, 0.15) is 0 Å². The zero-order valence-corrected chi connectivity index (χ0v) is 10.4. The highest BCUT2D eigenvalue weighted by Gasteiger charge is 2.28. The minimum Gasteiger partial charge on any atom is -0.292 e. The van der Waals surface area contributed by atoms with Gasteiger partial charge in [-0.1, -0.05) is 36.4 Å². The lowest BCUT2D eigenvalue weighted by Gasteiger charge is -2.15. The Labute approximate surface area is 109 Å². The van der Waals surface area contributed by atoms with Gasteiger partial charge >= 0.3 is 6.18 Å². The first kappa shape index (κ1) is 13.8. The summed E-state index contributed by atoms with van der Waals surface area (Å²) in [4.78, 5) is 4.45. The van der Waals surface area contributed by atoms with Crippen molar-refractivity contribution in [3.05, 3.63) is 48.0 Å². The van der Waals surface area contributed by atoms with Crippen molar-refractivity contribution in [2.75, 3.05) is 6.61 Å². The van der Waals surface area contributed by atoms with Crippen LogP contribution in [0.3, 0.4) is 0 Å². The number of hydroxylamine groups is 1. The SMILES string of the molecule is CC(NOCC(F)(F)F)c1ccc2ccccc2c1. The van der Waals surface area contributed by atoms with Gasteiger partial charge in [0.2, 0.25) is 0 Å². The summed E-state index contributed by atoms with van der Waals surface area (Å²) in [7, 11) is 0. The third-order valence-corrected chi connectivity index (χ3v) is 2.77. The number of nitrogens with one attached hydrogen (secondary N) is 1. The Balaban J connectivity index is 2.03. The molecule has 102 valence electrons. The van der Waals surface area contributed by atoms with E-state index in [1.165, 1.54) is 0 Å². The topological polar surface area (TPSA) is 21.3 Å². The molecule has 0 amide bonds. The summed E-state index contributed by atoms with van der Waals surface area (Å²) in [6, 6.07) is 13.2. The maximum Gasteiger partial charge on any atom is 0.413 e. The second kappa shape index (κ2) is 5.59. The van der Waals surface area contributed by atoms with Crippen LogP contribution in [-0.2, 0) is 4.84 Å². The van der Waals surface area contributed by atoms with E-state index >= 15 is 0 Å². The van der Waals surface area contributed by atoms with E-state index in [0.717, 1.165) is 16.3 Å². The van der Waals surface area contributed by atoms with E-state index in [4.69, 9.17) is 0 Å². The standard InChI is InChI=1S/C14H14F3NO/c1-10(18-19-9-14(15,16)17)12-7-6-11-4-2-3-5-13(11)8-12/h2-8,10,18H,9H2,1H3. The number of rotatable bonds is 4. The monoisotopic (exact) mass is 269 g/mol. The molecule has 19 heavy (non-hydrogen) atoms. The Hall–Kier alpha value is -1.59. The molecule has 0 saturated carbocycles. The highest BCUT2D eigenvalue weighted by atomic mass is 19.4. The molecular formula is C14H14F3NO. The van der Waals surface area contributed by atoms with Crippen molar-refractivity contribution in [1.29, 1.82) is 0 Å². The van der Waals surface area contributed by atoms with Crippen LogP contribution in [-0.4, -0.2) is 12.8 Å². The quantitative estimate of drug-likeness (QED) is 0.847. The first-order chi connectivity index (χ1) is 8.96. The van der Waals surface area contributed by atoms with Gasteiger partial charge in [0.25, 0.3) is 0 Å². The zero-order valence-electron chi connectivity index (χ0n) is 10.4. The van der Waals surface area contributed by atoms with Crippen LogP contribution in [0.1, 0.15) is 18.5 Å². The van der Waals surface area contributed by atoms with Crippen LogP contribution in [0.2, 0.25) is 0 Å². The smallest absolute Gasteiger partial charge is 0.292 e. The largest absolute Gasteiger partial charge is 0.413 e. The van der Waals surface area contributed by atoms with Gasteiger partial charge in [0.15, 0.2) is 6.61 Å². The van der Waals surface area contributed by atoms with E-state index in [2.05, 4.69) is 10.3 Å². The summed E-state index contributed by atoms with van der Waals surface area (Å²) < 4.78 is 35.9. The third kappa shape index (κ3) is 3.94. The van der Waals surface area contributed by atoms with Crippen molar-refractivity contribution in [3.63, 3.8) is 0 Å². The number of alkyl halides is 3. The fourth-order valence-electron chi connectivity index (χ4n) is 1.79. The predicted molar refractivity (Wildman–Crippen MR) is 67.5 cm³/mol. The molecule has 1 atom stereocenters. The molecule has 1 unspecified atom stereocenters. The average Bonchev–Trinajstić information content (AvgIpc) is 2.36. The second-order valence-electron chi connectivity index (χ2n) is 4.35. The Morgan fingerprint density at radius 2 is 1.79 bits per heavy atom. The van der Waals surface area contributed by atoms with Crippen LogP contribution in [0.25, 0.3) is 10.8 Å². The molecule has 2 aromatic rings. The molecule has 1 N–H and O–H groups in total. The number of hydrogen-bond acceptors (Lipinski definition) is 2. The molecule has 2 rings (SSSR count). The van der Waals surface area contributed by atoms with Gasteiger partial charge < -0.3 is 0 Å². The molecule has 5 heteroatoms. The van der Waals surface area contributed by atoms with Crippen LogP contribution in [0.4, 0.5) is 13.2 Å². The fourth-order valence-corrected chi connectivity index (χ4v) is 1.79. The van der Waals surface area contributed by atoms with Gasteiger partial charge in [-0.25, -0.2) is 0 Å². The van der Waals surface area contributed by atoms with Crippen molar-refractivity contribution < 1.29 is 18.0 Å². The molecule has 0 aliphatic rings. The Morgan fingerprint density at radius 1 is 1.11 bits per heavy atom. The van der Waals surface area contributed by atoms with Crippen LogP contribution >= 0.6 is 0 Å². The van der Waals surface area contributed by atoms with Crippen LogP contribution in [0.15, 0.2) is 42.5 Å². The lowest BCUT2D eigenvalue weighted by Crippen LogP contribution is -2.26. The van der Waals surface area contributed by atoms with Gasteiger partial charge in [0, 0.05) is 0 Å². The summed E-state index contributed by atoms with van der Waals surface area (Å²) >= 11 is 0. The maximum atomic E-state index is 12.0. The van der Waals surface area contributed by atoms with Gasteiger partial charge in [0.05, 0.1) is 6.04 Å². The molecule has 0 heterocycles. The summed E-state index contributed by atoms with van der Waals surface area (Å²) in [5.41, 5.74) is 3.28. The Morgan fingerprint density at radius 3 is 2.47 bits per heavy atom. The molecule has 0 aromatic heterocycles. The van der Waals surface area contributed by atoms with Crippen LogP contribution in [0.5, 0.6) is 0 Å². The summed E-state index contributed by atoms with van der Waals surface area (Å²) in [6.07, 6.45) is -4.32. The minimum atomic E-state index is -4.32. The lowest BCUT2D eigenvalue weighted by molar-refractivity contribution is -0.192. The molecule has 0 radical (unpaired) electrons. The van der Waals surface area contributed by atoms with Crippen molar-refractivity contribution >= 4 is 10.8 Å². The number of hydrogen-bond donors (Lipinski definition) is 1. The average molecular weight is 269 g/mol. The van der Waals surface area contributed by atoms with Gasteiger partial charge in [-0.15, -0.1) is 0 Å². The molecular weight excluding hydrogens is 255 g/mol. The number of halogens is 3. The van der Waals surface area contributed by atoms with Gasteiger partial charge in [-0.3, -0.25) is 4.84 Å². The summed E-state index contributed by atoms with van der Waals surface area (Å²) in [5.74, 6) is 0. The molecule has 0 aliphatic carbocycles. The van der Waals surface area contributed by atoms with E-state index in [9.17, 15) is 13.2 Å². The van der Waals surface area contributed by atoms with Gasteiger partial charge in [-0.2, -0.15) is 18.7 Å². The summed E-state index contributed by atoms with van der Waals surface area (Å²) in [5, 5.41) is 2.14. The third-order valence-electron chi connectivity index (χ3n) is 2.77. The number of fused-ring (bicyclic) bond motifs is 1. The van der Waals surface area contributed by atoms with E-state index < -0.39 is 12.8 Å². The maximum absolute atomic E-state index is 12.0. The van der Waals surface area contributed by atoms with Crippen LogP contribution in [0, 0.1) is 0 Å². The van der Waals surface area contributed by atoms with E-state index in [1.807, 2.05) is 42.5 Å². The van der Waals surface area contributed by atoms with E-state index in [-0.39, 0.29) is 6.04 Å². The highest BCUT2D eigenvalue weighted by molar-refractivity contribution is 5.83. The highest BCUT2D eigenvalue weighted by Crippen LogP contribution is 2.21. The first-order valence-electron chi connectivity index (χ1n) is 5.88. The molecule has 0 bridgehead atoms. The fraction of sp³-hybridized carbons (Fsp3) is 0.286. The normalized spacial score (nSPS) is 13.7. The predicted octanol–water partition coefficient (Wildman–Crippen LogP) is 3.98. The molecule has 0 saturated heterocycles. The second-order valence-corrected chi connectivity index (χ2v) is 4.35. The Kier molecular flexibility index (Phi) is 4.07. The molecule has 2 aromatic carbocycles. The minimum absolute atomic E-state index is 0.313. The van der Waals surface area contributed by atoms with Crippen molar-refractivity contribution in [2.45, 2.75) is 19.1 Å². The first-order valence-corrected chi connectivity index (χ1v) is 5.88. The molecule has 2 nitrogen and oxygen atoms in total. The van der Waals surface area contributed by atoms with Crippen molar-refractivity contribution in [3.8, 4) is 0 Å². The molecule has 0 spiro atoms. The van der Waals surface area contributed by atoms with E-state index in [1.54, 1.807) is 6.92 Å². The number of benzene rings is 2. The van der Waals surface area contributed by atoms with E-state index in [0.29, 0.717) is 0 Å². The summed E-state index contributed by atoms with van der Waals surface area (Å²) in [6.45, 7) is 0.450. The van der Waals surface area contributed by atoms with Crippen LogP contribution < -0.4 is 5.48 Å². The van der Waals surface area contributed by atoms with Gasteiger partial charge in [-0.05, 0) is 29.3 Å².